The van der Waals surface area contributed by atoms with Crippen LogP contribution in [0.2, 0.25) is 0 Å². The number of nitrogens with zero attached hydrogens (tertiary/aromatic N) is 3. The van der Waals surface area contributed by atoms with E-state index in [9.17, 15) is 24.6 Å². The molecule has 0 radical (unpaired) electrons. The second-order valence-corrected chi connectivity index (χ2v) is 16.0. The van der Waals surface area contributed by atoms with Crippen molar-refractivity contribution >= 4 is 33.7 Å². The normalized spacial score (nSPS) is 18.5. The Hall–Kier alpha value is -2.30. The highest BCUT2D eigenvalue weighted by molar-refractivity contribution is 9.11. The molecule has 9 nitrogen and oxygen atoms in total. The van der Waals surface area contributed by atoms with Crippen molar-refractivity contribution in [2.45, 2.75) is 128 Å². The number of amides is 3. The van der Waals surface area contributed by atoms with Crippen molar-refractivity contribution in [3.8, 4) is 0 Å². The van der Waals surface area contributed by atoms with Gasteiger partial charge in [-0.05, 0) is 66.5 Å². The Balaban J connectivity index is 1.74. The van der Waals surface area contributed by atoms with Gasteiger partial charge in [0.1, 0.15) is 6.10 Å². The highest BCUT2D eigenvalue weighted by atomic mass is 79.9. The maximum Gasteiger partial charge on any atom is 0.241 e. The number of aromatic nitrogens is 1. The average molecular weight is 734 g/mol. The highest BCUT2D eigenvalue weighted by Crippen LogP contribution is 2.30. The SMILES string of the molecule is C=C(Br)C[C@H](CC(=O)N(CC(=O)N(C)CCc1ccccn1)CC1CCCCC1)C(=O)N[C@@H](CC1CCCCC1)[C@@H](O)[C@@H](O)CC(C)C. The van der Waals surface area contributed by atoms with Crippen LogP contribution in [0.1, 0.15) is 109 Å². The maximum absolute atomic E-state index is 14.0. The molecule has 0 bridgehead atoms. The molecule has 2 aliphatic rings. The third-order valence-electron chi connectivity index (χ3n) is 10.2. The zero-order valence-electron chi connectivity index (χ0n) is 29.6. The zero-order valence-corrected chi connectivity index (χ0v) is 31.2. The number of aliphatic hydroxyl groups excluding tert-OH is 2. The molecule has 3 N–H and O–H groups in total. The summed E-state index contributed by atoms with van der Waals surface area (Å²) in [5, 5.41) is 25.2. The number of hydrogen-bond donors (Lipinski definition) is 3. The number of allylic oxidation sites excluding steroid dienone is 1. The average Bonchev–Trinajstić information content (AvgIpc) is 3.06. The Morgan fingerprint density at radius 1 is 0.979 bits per heavy atom. The number of likely N-dealkylation sites (N-methyl/N-ethyl adjacent to an activating group) is 1. The first-order chi connectivity index (χ1) is 22.9. The molecule has 0 spiro atoms. The van der Waals surface area contributed by atoms with Crippen molar-refractivity contribution in [3.63, 3.8) is 0 Å². The molecule has 0 saturated heterocycles. The summed E-state index contributed by atoms with van der Waals surface area (Å²) in [6, 6.07) is 5.10. The van der Waals surface area contributed by atoms with Crippen LogP contribution in [0.4, 0.5) is 0 Å². The van der Waals surface area contributed by atoms with Gasteiger partial charge in [-0.25, -0.2) is 0 Å². The molecule has 270 valence electrons. The molecule has 0 aromatic carbocycles. The van der Waals surface area contributed by atoms with E-state index in [2.05, 4.69) is 32.8 Å². The summed E-state index contributed by atoms with van der Waals surface area (Å²) in [7, 11) is 1.76. The molecular weight excluding hydrogens is 672 g/mol. The van der Waals surface area contributed by atoms with Crippen LogP contribution in [-0.4, -0.2) is 87.7 Å². The summed E-state index contributed by atoms with van der Waals surface area (Å²) >= 11 is 3.42. The van der Waals surface area contributed by atoms with Crippen LogP contribution < -0.4 is 5.32 Å². The molecule has 10 heteroatoms. The van der Waals surface area contributed by atoms with Crippen LogP contribution in [-0.2, 0) is 20.8 Å². The Morgan fingerprint density at radius 2 is 1.62 bits per heavy atom. The van der Waals surface area contributed by atoms with Crippen LogP contribution in [0.5, 0.6) is 0 Å². The second-order valence-electron chi connectivity index (χ2n) is 14.8. The lowest BCUT2D eigenvalue weighted by atomic mass is 9.82. The summed E-state index contributed by atoms with van der Waals surface area (Å²) in [6.07, 6.45) is 12.5. The van der Waals surface area contributed by atoms with E-state index in [1.807, 2.05) is 32.0 Å². The number of nitrogens with one attached hydrogen (secondary N) is 1. The summed E-state index contributed by atoms with van der Waals surface area (Å²) in [5.41, 5.74) is 0.903. The Bertz CT molecular complexity index is 1140. The number of halogens is 1. The van der Waals surface area contributed by atoms with E-state index in [0.29, 0.717) is 48.7 Å². The smallest absolute Gasteiger partial charge is 0.241 e. The first-order valence-electron chi connectivity index (χ1n) is 18.3. The van der Waals surface area contributed by atoms with Crippen LogP contribution in [0, 0.1) is 23.7 Å². The predicted molar refractivity (Wildman–Crippen MR) is 194 cm³/mol. The minimum atomic E-state index is -1.11. The summed E-state index contributed by atoms with van der Waals surface area (Å²) in [6.45, 7) is 8.90. The van der Waals surface area contributed by atoms with E-state index in [0.717, 1.165) is 57.1 Å². The number of rotatable bonds is 19. The fraction of sp³-hybridized carbons (Fsp3) is 0.737. The lowest BCUT2D eigenvalue weighted by Crippen LogP contribution is -2.52. The van der Waals surface area contributed by atoms with Gasteiger partial charge in [-0.2, -0.15) is 0 Å². The summed E-state index contributed by atoms with van der Waals surface area (Å²) in [5.74, 6) is -0.570. The fourth-order valence-electron chi connectivity index (χ4n) is 7.29. The van der Waals surface area contributed by atoms with Crippen LogP contribution in [0.15, 0.2) is 35.5 Å². The quantitative estimate of drug-likeness (QED) is 0.160. The molecule has 1 heterocycles. The lowest BCUT2D eigenvalue weighted by Gasteiger charge is -2.34. The van der Waals surface area contributed by atoms with Gasteiger partial charge in [0.05, 0.1) is 24.6 Å². The number of carbonyl (C=O) groups excluding carboxylic acids is 3. The zero-order chi connectivity index (χ0) is 35.1. The molecule has 2 fully saturated rings. The van der Waals surface area contributed by atoms with E-state index in [4.69, 9.17) is 0 Å². The molecule has 2 aliphatic carbocycles. The molecule has 0 unspecified atom stereocenters. The second kappa shape index (κ2) is 21.0. The molecule has 48 heavy (non-hydrogen) atoms. The molecule has 1 aromatic heterocycles. The molecule has 2 saturated carbocycles. The number of hydrogen-bond acceptors (Lipinski definition) is 6. The molecule has 0 aliphatic heterocycles. The number of pyridine rings is 1. The minimum absolute atomic E-state index is 0.0396. The van der Waals surface area contributed by atoms with Gasteiger partial charge in [0.2, 0.25) is 17.7 Å². The van der Waals surface area contributed by atoms with Crippen molar-refractivity contribution in [3.05, 3.63) is 41.2 Å². The van der Waals surface area contributed by atoms with Gasteiger partial charge in [-0.1, -0.05) is 93.8 Å². The molecule has 1 aromatic rings. The van der Waals surface area contributed by atoms with E-state index < -0.39 is 24.2 Å². The summed E-state index contributed by atoms with van der Waals surface area (Å²) < 4.78 is 0.601. The predicted octanol–water partition coefficient (Wildman–Crippen LogP) is 6.02. The van der Waals surface area contributed by atoms with Gasteiger partial charge in [0.15, 0.2) is 0 Å². The van der Waals surface area contributed by atoms with Crippen LogP contribution >= 0.6 is 15.9 Å². The van der Waals surface area contributed by atoms with Crippen molar-refractivity contribution in [2.75, 3.05) is 26.7 Å². The van der Waals surface area contributed by atoms with Gasteiger partial charge in [0.25, 0.3) is 0 Å². The standard InChI is InChI=1S/C38H61BrN4O5/c1-27(2)21-34(44)37(47)33(23-29-13-7-5-8-14-29)41-38(48)31(22-28(3)39)24-35(45)43(25-30-15-9-6-10-16-30)26-36(46)42(4)20-18-32-17-11-12-19-40-32/h11-12,17,19,27,29-31,33-34,37,44,47H,3,5-10,13-16,18,20-26H2,1-2,4H3,(H,41,48)/t31-,33+,34+,37-/m1/s1. The Labute approximate surface area is 297 Å². The maximum atomic E-state index is 14.0. The topological polar surface area (TPSA) is 123 Å². The van der Waals surface area contributed by atoms with E-state index in [1.165, 1.54) is 12.8 Å². The Morgan fingerprint density at radius 3 is 2.21 bits per heavy atom. The van der Waals surface area contributed by atoms with Gasteiger partial charge in [-0.3, -0.25) is 19.4 Å². The summed E-state index contributed by atoms with van der Waals surface area (Å²) in [4.78, 5) is 49.1. The molecule has 3 amide bonds. The van der Waals surface area contributed by atoms with Crippen LogP contribution in [0.25, 0.3) is 0 Å². The van der Waals surface area contributed by atoms with Crippen molar-refractivity contribution in [1.82, 2.24) is 20.1 Å². The van der Waals surface area contributed by atoms with Gasteiger partial charge in [-0.15, -0.1) is 0 Å². The lowest BCUT2D eigenvalue weighted by molar-refractivity contribution is -0.142. The number of carbonyl (C=O) groups is 3. The molecule has 3 rings (SSSR count). The first kappa shape index (κ1) is 40.1. The molecule has 4 atom stereocenters. The van der Waals surface area contributed by atoms with Gasteiger partial charge < -0.3 is 25.3 Å². The number of aliphatic hydroxyl groups is 2. The Kier molecular flexibility index (Phi) is 17.6. The first-order valence-corrected chi connectivity index (χ1v) is 19.1. The third kappa shape index (κ3) is 14.3. The van der Waals surface area contributed by atoms with Crippen molar-refractivity contribution in [1.29, 1.82) is 0 Å². The monoisotopic (exact) mass is 732 g/mol. The molecular formula is C38H61BrN4O5. The van der Waals surface area contributed by atoms with E-state index >= 15 is 0 Å². The third-order valence-corrected chi connectivity index (χ3v) is 10.5. The van der Waals surface area contributed by atoms with Crippen molar-refractivity contribution in [2.24, 2.45) is 23.7 Å². The van der Waals surface area contributed by atoms with Crippen LogP contribution in [0.3, 0.4) is 0 Å². The van der Waals surface area contributed by atoms with Crippen molar-refractivity contribution < 1.29 is 24.6 Å². The highest BCUT2D eigenvalue weighted by Gasteiger charge is 2.34. The largest absolute Gasteiger partial charge is 0.390 e. The fourth-order valence-corrected chi connectivity index (χ4v) is 7.69. The minimum Gasteiger partial charge on any atom is -0.390 e. The van der Waals surface area contributed by atoms with Gasteiger partial charge in [0, 0.05) is 44.9 Å². The van der Waals surface area contributed by atoms with Gasteiger partial charge >= 0.3 is 0 Å². The van der Waals surface area contributed by atoms with E-state index in [-0.39, 0.29) is 43.0 Å². The van der Waals surface area contributed by atoms with E-state index in [1.54, 1.807) is 23.0 Å².